The molecule has 2 aromatic carbocycles. The van der Waals surface area contributed by atoms with E-state index >= 15 is 0 Å². The number of nitro groups is 1. The molecule has 1 saturated carbocycles. The number of benzene rings is 2. The number of amides is 1. The third-order valence-corrected chi connectivity index (χ3v) is 4.53. The van der Waals surface area contributed by atoms with Gasteiger partial charge >= 0.3 is 0 Å². The van der Waals surface area contributed by atoms with Crippen molar-refractivity contribution in [3.63, 3.8) is 0 Å². The van der Waals surface area contributed by atoms with Gasteiger partial charge in [0.25, 0.3) is 5.69 Å². The van der Waals surface area contributed by atoms with Gasteiger partial charge in [-0.3, -0.25) is 14.9 Å². The molecule has 1 atom stereocenters. The molecule has 24 heavy (non-hydrogen) atoms. The normalized spacial score (nSPS) is 16.2. The van der Waals surface area contributed by atoms with Gasteiger partial charge in [0.05, 0.1) is 16.4 Å². The predicted molar refractivity (Wildman–Crippen MR) is 87.0 cm³/mol. The lowest BCUT2D eigenvalue weighted by Crippen LogP contribution is -2.36. The summed E-state index contributed by atoms with van der Waals surface area (Å²) in [6.45, 7) is 1.84. The first-order valence-electron chi connectivity index (χ1n) is 7.74. The summed E-state index contributed by atoms with van der Waals surface area (Å²) in [6, 6.07) is 11.9. The molecule has 0 radical (unpaired) electrons. The highest BCUT2D eigenvalue weighted by molar-refractivity contribution is 5.91. The molecule has 1 unspecified atom stereocenters. The topological polar surface area (TPSA) is 72.2 Å². The highest BCUT2D eigenvalue weighted by atomic mass is 19.1. The lowest BCUT2D eigenvalue weighted by molar-refractivity contribution is -0.384. The van der Waals surface area contributed by atoms with Gasteiger partial charge in [0.15, 0.2) is 0 Å². The molecular weight excluding hydrogens is 311 g/mol. The fourth-order valence-corrected chi connectivity index (χ4v) is 2.84. The zero-order valence-electron chi connectivity index (χ0n) is 13.2. The molecule has 6 heteroatoms. The summed E-state index contributed by atoms with van der Waals surface area (Å²) in [5.41, 5.74) is 1.01. The lowest BCUT2D eigenvalue weighted by atomic mass is 9.94. The lowest BCUT2D eigenvalue weighted by Gasteiger charge is -2.20. The molecule has 0 aromatic heterocycles. The third kappa shape index (κ3) is 2.99. The van der Waals surface area contributed by atoms with Crippen molar-refractivity contribution in [3.05, 3.63) is 75.6 Å². The first-order valence-corrected chi connectivity index (χ1v) is 7.74. The van der Waals surface area contributed by atoms with Gasteiger partial charge in [-0.05, 0) is 43.0 Å². The second kappa shape index (κ2) is 6.03. The van der Waals surface area contributed by atoms with Gasteiger partial charge in [-0.15, -0.1) is 0 Å². The number of nitrogens with zero attached hydrogens (tertiary/aromatic N) is 1. The summed E-state index contributed by atoms with van der Waals surface area (Å²) in [4.78, 5) is 23.0. The molecule has 3 rings (SSSR count). The Kier molecular flexibility index (Phi) is 4.05. The molecule has 0 spiro atoms. The smallest absolute Gasteiger partial charge is 0.269 e. The molecule has 1 N–H and O–H groups in total. The first-order chi connectivity index (χ1) is 11.4. The van der Waals surface area contributed by atoms with Crippen LogP contribution in [0.15, 0.2) is 48.5 Å². The molecule has 1 amide bonds. The van der Waals surface area contributed by atoms with Crippen LogP contribution in [0.3, 0.4) is 0 Å². The first kappa shape index (κ1) is 16.1. The van der Waals surface area contributed by atoms with E-state index in [0.29, 0.717) is 12.8 Å². The maximum Gasteiger partial charge on any atom is 0.269 e. The number of non-ortho nitro benzene ring substituents is 1. The van der Waals surface area contributed by atoms with Gasteiger partial charge in [-0.1, -0.05) is 24.3 Å². The summed E-state index contributed by atoms with van der Waals surface area (Å²) in [7, 11) is 0. The van der Waals surface area contributed by atoms with Crippen LogP contribution in [-0.2, 0) is 10.2 Å². The van der Waals surface area contributed by atoms with E-state index in [2.05, 4.69) is 5.32 Å². The van der Waals surface area contributed by atoms with Crippen molar-refractivity contribution < 1.29 is 14.1 Å². The Morgan fingerprint density at radius 2 is 1.75 bits per heavy atom. The number of halogens is 1. The van der Waals surface area contributed by atoms with Crippen LogP contribution in [0.25, 0.3) is 0 Å². The Morgan fingerprint density at radius 1 is 1.17 bits per heavy atom. The number of hydrogen-bond donors (Lipinski definition) is 1. The van der Waals surface area contributed by atoms with E-state index in [1.165, 1.54) is 24.3 Å². The van der Waals surface area contributed by atoms with Crippen LogP contribution >= 0.6 is 0 Å². The summed E-state index contributed by atoms with van der Waals surface area (Å²) in [6.07, 6.45) is 1.43. The summed E-state index contributed by atoms with van der Waals surface area (Å²) >= 11 is 0. The molecule has 0 saturated heterocycles. The van der Waals surface area contributed by atoms with Gasteiger partial charge in [-0.2, -0.15) is 0 Å². The second-order valence-corrected chi connectivity index (χ2v) is 6.13. The number of nitro benzene ring substituents is 1. The van der Waals surface area contributed by atoms with Crippen LogP contribution in [0.4, 0.5) is 10.1 Å². The van der Waals surface area contributed by atoms with E-state index in [9.17, 15) is 19.3 Å². The van der Waals surface area contributed by atoms with Crippen molar-refractivity contribution in [1.29, 1.82) is 0 Å². The number of carbonyl (C=O) groups is 1. The van der Waals surface area contributed by atoms with E-state index in [1.807, 2.05) is 6.92 Å². The number of hydrogen-bond acceptors (Lipinski definition) is 3. The van der Waals surface area contributed by atoms with Crippen molar-refractivity contribution in [1.82, 2.24) is 5.32 Å². The predicted octanol–water partition coefficient (Wildman–Crippen LogP) is 3.64. The summed E-state index contributed by atoms with van der Waals surface area (Å²) in [5.74, 6) is -0.421. The molecule has 0 aliphatic heterocycles. The monoisotopic (exact) mass is 328 g/mol. The SMILES string of the molecule is CC(NC(=O)C1(c2ccc([N+](=O)[O-])cc2)CC1)c1ccc(F)cc1. The molecule has 1 fully saturated rings. The van der Waals surface area contributed by atoms with E-state index in [0.717, 1.165) is 11.1 Å². The maximum absolute atomic E-state index is 13.0. The molecular formula is C18H17FN2O3. The summed E-state index contributed by atoms with van der Waals surface area (Å²) in [5, 5.41) is 13.7. The number of rotatable bonds is 5. The van der Waals surface area contributed by atoms with Crippen LogP contribution in [0.1, 0.15) is 36.9 Å². The molecule has 0 heterocycles. The second-order valence-electron chi connectivity index (χ2n) is 6.13. The highest BCUT2D eigenvalue weighted by Gasteiger charge is 2.51. The molecule has 0 bridgehead atoms. The number of carbonyl (C=O) groups excluding carboxylic acids is 1. The largest absolute Gasteiger partial charge is 0.349 e. The Balaban J connectivity index is 1.74. The van der Waals surface area contributed by atoms with Gasteiger partial charge < -0.3 is 5.32 Å². The van der Waals surface area contributed by atoms with Crippen molar-refractivity contribution >= 4 is 11.6 Å². The van der Waals surface area contributed by atoms with Gasteiger partial charge in [0.2, 0.25) is 5.91 Å². The minimum Gasteiger partial charge on any atom is -0.349 e. The van der Waals surface area contributed by atoms with Crippen molar-refractivity contribution in [2.75, 3.05) is 0 Å². The van der Waals surface area contributed by atoms with E-state index < -0.39 is 10.3 Å². The average molecular weight is 328 g/mol. The van der Waals surface area contributed by atoms with E-state index in [4.69, 9.17) is 0 Å². The standard InChI is InChI=1S/C18H17FN2O3/c1-12(13-2-6-15(19)7-3-13)20-17(22)18(10-11-18)14-4-8-16(9-5-14)21(23)24/h2-9,12H,10-11H2,1H3,(H,20,22). The van der Waals surface area contributed by atoms with Crippen LogP contribution in [0, 0.1) is 15.9 Å². The average Bonchev–Trinajstić information content (AvgIpc) is 3.37. The molecule has 124 valence electrons. The minimum absolute atomic E-state index is 0.00892. The van der Waals surface area contributed by atoms with Crippen molar-refractivity contribution in [2.45, 2.75) is 31.2 Å². The molecule has 1 aliphatic carbocycles. The van der Waals surface area contributed by atoms with Gasteiger partial charge in [0, 0.05) is 12.1 Å². The quantitative estimate of drug-likeness (QED) is 0.673. The minimum atomic E-state index is -0.608. The fraction of sp³-hybridized carbons (Fsp3) is 0.278. The summed E-state index contributed by atoms with van der Waals surface area (Å²) < 4.78 is 13.0. The zero-order valence-corrected chi connectivity index (χ0v) is 13.2. The molecule has 5 nitrogen and oxygen atoms in total. The Hall–Kier alpha value is -2.76. The Bertz CT molecular complexity index is 768. The fourth-order valence-electron chi connectivity index (χ4n) is 2.84. The van der Waals surface area contributed by atoms with Crippen molar-refractivity contribution in [2.24, 2.45) is 0 Å². The molecule has 1 aliphatic rings. The molecule has 2 aromatic rings. The van der Waals surface area contributed by atoms with Crippen LogP contribution < -0.4 is 5.32 Å². The van der Waals surface area contributed by atoms with Crippen LogP contribution in [0.2, 0.25) is 0 Å². The zero-order chi connectivity index (χ0) is 17.3. The van der Waals surface area contributed by atoms with Crippen LogP contribution in [-0.4, -0.2) is 10.8 Å². The van der Waals surface area contributed by atoms with Crippen molar-refractivity contribution in [3.8, 4) is 0 Å². The number of nitrogens with one attached hydrogen (secondary N) is 1. The van der Waals surface area contributed by atoms with E-state index in [-0.39, 0.29) is 23.5 Å². The maximum atomic E-state index is 13.0. The van der Waals surface area contributed by atoms with Gasteiger partial charge in [-0.25, -0.2) is 4.39 Å². The van der Waals surface area contributed by atoms with Gasteiger partial charge in [0.1, 0.15) is 5.82 Å². The van der Waals surface area contributed by atoms with Crippen LogP contribution in [0.5, 0.6) is 0 Å². The third-order valence-electron chi connectivity index (χ3n) is 4.53. The Labute approximate surface area is 138 Å². The highest BCUT2D eigenvalue weighted by Crippen LogP contribution is 2.49. The van der Waals surface area contributed by atoms with E-state index in [1.54, 1.807) is 24.3 Å². The Morgan fingerprint density at radius 3 is 2.25 bits per heavy atom.